The highest BCUT2D eigenvalue weighted by Crippen LogP contribution is 2.23. The molecule has 0 heterocycles. The van der Waals surface area contributed by atoms with Crippen LogP contribution >= 0.6 is 15.9 Å². The zero-order valence-electron chi connectivity index (χ0n) is 11.9. The number of anilines is 2. The molecule has 1 amide bonds. The van der Waals surface area contributed by atoms with Gasteiger partial charge in [0, 0.05) is 4.47 Å². The van der Waals surface area contributed by atoms with E-state index >= 15 is 0 Å². The van der Waals surface area contributed by atoms with Gasteiger partial charge in [-0.25, -0.2) is 0 Å². The Kier molecular flexibility index (Phi) is 4.85. The number of aryl methyl sites for hydroxylation is 2. The van der Waals surface area contributed by atoms with Crippen LogP contribution < -0.4 is 15.8 Å². The predicted octanol–water partition coefficient (Wildman–Crippen LogP) is 3.67. The Labute approximate surface area is 132 Å². The number of carbonyl (C=O) groups is 1. The summed E-state index contributed by atoms with van der Waals surface area (Å²) in [5.41, 5.74) is 9.11. The van der Waals surface area contributed by atoms with E-state index in [1.165, 1.54) is 0 Å². The van der Waals surface area contributed by atoms with Crippen molar-refractivity contribution in [3.63, 3.8) is 0 Å². The van der Waals surface area contributed by atoms with Crippen LogP contribution in [0.2, 0.25) is 0 Å². The first kappa shape index (κ1) is 15.4. The number of nitrogens with one attached hydrogen (secondary N) is 1. The van der Waals surface area contributed by atoms with Crippen molar-refractivity contribution in [2.45, 2.75) is 13.8 Å². The summed E-state index contributed by atoms with van der Waals surface area (Å²) < 4.78 is 6.37. The maximum absolute atomic E-state index is 11.9. The van der Waals surface area contributed by atoms with Gasteiger partial charge in [0.15, 0.2) is 6.61 Å². The predicted molar refractivity (Wildman–Crippen MR) is 88.6 cm³/mol. The molecule has 0 saturated heterocycles. The highest BCUT2D eigenvalue weighted by Gasteiger charge is 2.07. The molecule has 0 saturated carbocycles. The number of ether oxygens (including phenoxy) is 1. The van der Waals surface area contributed by atoms with E-state index in [1.54, 1.807) is 12.1 Å². The molecule has 0 aliphatic rings. The summed E-state index contributed by atoms with van der Waals surface area (Å²) in [5, 5.41) is 2.73. The molecule has 110 valence electrons. The molecule has 0 atom stereocenters. The lowest BCUT2D eigenvalue weighted by Gasteiger charge is -2.10. The number of hydrogen-bond acceptors (Lipinski definition) is 3. The van der Waals surface area contributed by atoms with E-state index in [9.17, 15) is 4.79 Å². The highest BCUT2D eigenvalue weighted by molar-refractivity contribution is 9.10. The van der Waals surface area contributed by atoms with Gasteiger partial charge in [0.1, 0.15) is 5.75 Å². The van der Waals surface area contributed by atoms with Crippen LogP contribution in [0, 0.1) is 13.8 Å². The normalized spacial score (nSPS) is 10.2. The Bertz CT molecular complexity index is 651. The molecule has 5 heteroatoms. The van der Waals surface area contributed by atoms with E-state index in [0.717, 1.165) is 15.6 Å². The minimum absolute atomic E-state index is 0.0571. The van der Waals surface area contributed by atoms with Crippen molar-refractivity contribution in [2.24, 2.45) is 0 Å². The van der Waals surface area contributed by atoms with E-state index in [4.69, 9.17) is 10.5 Å². The van der Waals surface area contributed by atoms with Crippen molar-refractivity contribution in [3.8, 4) is 5.75 Å². The molecule has 4 nitrogen and oxygen atoms in total. The second-order valence-corrected chi connectivity index (χ2v) is 5.81. The van der Waals surface area contributed by atoms with Crippen molar-refractivity contribution in [1.29, 1.82) is 0 Å². The molecule has 2 rings (SSSR count). The molecule has 2 aromatic rings. The minimum atomic E-state index is -0.247. The number of hydrogen-bond donors (Lipinski definition) is 2. The average molecular weight is 349 g/mol. The molecule has 0 spiro atoms. The van der Waals surface area contributed by atoms with Gasteiger partial charge in [0.25, 0.3) is 5.91 Å². The van der Waals surface area contributed by atoms with Gasteiger partial charge in [-0.05, 0) is 55.3 Å². The maximum atomic E-state index is 11.9. The van der Waals surface area contributed by atoms with Gasteiger partial charge in [0.05, 0.1) is 11.4 Å². The van der Waals surface area contributed by atoms with E-state index in [2.05, 4.69) is 27.3 Å². The van der Waals surface area contributed by atoms with Gasteiger partial charge in [-0.3, -0.25) is 4.79 Å². The summed E-state index contributed by atoms with van der Waals surface area (Å²) in [6.45, 7) is 3.92. The average Bonchev–Trinajstić information content (AvgIpc) is 2.39. The summed E-state index contributed by atoms with van der Waals surface area (Å²) >= 11 is 3.32. The first-order valence-electron chi connectivity index (χ1n) is 6.50. The Morgan fingerprint density at radius 2 is 1.86 bits per heavy atom. The lowest BCUT2D eigenvalue weighted by atomic mass is 10.1. The molecule has 0 bridgehead atoms. The molecule has 0 fully saturated rings. The van der Waals surface area contributed by atoms with E-state index in [1.807, 2.05) is 32.0 Å². The second kappa shape index (κ2) is 6.63. The molecular weight excluding hydrogens is 332 g/mol. The number of rotatable bonds is 4. The van der Waals surface area contributed by atoms with Gasteiger partial charge in [0.2, 0.25) is 0 Å². The largest absolute Gasteiger partial charge is 0.484 e. The van der Waals surface area contributed by atoms with Gasteiger partial charge < -0.3 is 15.8 Å². The van der Waals surface area contributed by atoms with Crippen LogP contribution in [0.15, 0.2) is 40.9 Å². The summed E-state index contributed by atoms with van der Waals surface area (Å²) in [7, 11) is 0. The van der Waals surface area contributed by atoms with Crippen molar-refractivity contribution < 1.29 is 9.53 Å². The fourth-order valence-electron chi connectivity index (χ4n) is 2.00. The molecule has 0 unspecified atom stereocenters. The Hall–Kier alpha value is -2.01. The summed E-state index contributed by atoms with van der Waals surface area (Å²) in [4.78, 5) is 11.9. The third kappa shape index (κ3) is 4.49. The van der Waals surface area contributed by atoms with Crippen LogP contribution in [0.4, 0.5) is 11.4 Å². The number of nitrogen functional groups attached to an aromatic ring is 1. The zero-order chi connectivity index (χ0) is 15.4. The molecular formula is C16H17BrN2O2. The first-order valence-corrected chi connectivity index (χ1v) is 7.29. The van der Waals surface area contributed by atoms with Crippen LogP contribution in [0.1, 0.15) is 11.1 Å². The number of nitrogens with two attached hydrogens (primary N) is 1. The minimum Gasteiger partial charge on any atom is -0.484 e. The Balaban J connectivity index is 1.95. The van der Waals surface area contributed by atoms with E-state index in [0.29, 0.717) is 17.1 Å². The van der Waals surface area contributed by atoms with Crippen LogP contribution in [0.3, 0.4) is 0 Å². The Morgan fingerprint density at radius 1 is 1.19 bits per heavy atom. The molecule has 0 radical (unpaired) electrons. The van der Waals surface area contributed by atoms with Crippen LogP contribution in [0.25, 0.3) is 0 Å². The van der Waals surface area contributed by atoms with Gasteiger partial charge in [-0.2, -0.15) is 0 Å². The summed E-state index contributed by atoms with van der Waals surface area (Å²) in [6, 6.07) is 11.1. The quantitative estimate of drug-likeness (QED) is 0.828. The highest BCUT2D eigenvalue weighted by atomic mass is 79.9. The lowest BCUT2D eigenvalue weighted by molar-refractivity contribution is -0.118. The third-order valence-electron chi connectivity index (χ3n) is 2.85. The maximum Gasteiger partial charge on any atom is 0.262 e. The first-order chi connectivity index (χ1) is 9.94. The Morgan fingerprint density at radius 3 is 2.48 bits per heavy atom. The summed E-state index contributed by atoms with van der Waals surface area (Å²) in [5.74, 6) is 0.439. The van der Waals surface area contributed by atoms with Crippen LogP contribution in [-0.2, 0) is 4.79 Å². The number of carbonyl (C=O) groups excluding carboxylic acids is 1. The number of halogens is 1. The van der Waals surface area contributed by atoms with E-state index < -0.39 is 0 Å². The number of amides is 1. The van der Waals surface area contributed by atoms with Crippen molar-refractivity contribution in [1.82, 2.24) is 0 Å². The van der Waals surface area contributed by atoms with Gasteiger partial charge in [-0.1, -0.05) is 22.0 Å². The molecule has 3 N–H and O–H groups in total. The fourth-order valence-corrected chi connectivity index (χ4v) is 2.38. The zero-order valence-corrected chi connectivity index (χ0v) is 13.5. The fraction of sp³-hybridized carbons (Fsp3) is 0.188. The summed E-state index contributed by atoms with van der Waals surface area (Å²) in [6.07, 6.45) is 0. The second-order valence-electron chi connectivity index (χ2n) is 4.89. The van der Waals surface area contributed by atoms with Gasteiger partial charge >= 0.3 is 0 Å². The van der Waals surface area contributed by atoms with Gasteiger partial charge in [-0.15, -0.1) is 0 Å². The third-order valence-corrected chi connectivity index (χ3v) is 3.35. The van der Waals surface area contributed by atoms with Crippen molar-refractivity contribution >= 4 is 33.2 Å². The van der Waals surface area contributed by atoms with Crippen molar-refractivity contribution in [3.05, 3.63) is 52.0 Å². The smallest absolute Gasteiger partial charge is 0.262 e. The van der Waals surface area contributed by atoms with Crippen LogP contribution in [-0.4, -0.2) is 12.5 Å². The topological polar surface area (TPSA) is 64.3 Å². The molecule has 21 heavy (non-hydrogen) atoms. The van der Waals surface area contributed by atoms with E-state index in [-0.39, 0.29) is 12.5 Å². The molecule has 0 aromatic heterocycles. The monoisotopic (exact) mass is 348 g/mol. The standard InChI is InChI=1S/C16H17BrN2O2/c1-10-5-11(2)7-13(6-10)21-9-16(20)19-15-4-3-12(17)8-14(15)18/h3-8H,9,18H2,1-2H3,(H,19,20). The SMILES string of the molecule is Cc1cc(C)cc(OCC(=O)Nc2ccc(Br)cc2N)c1. The molecule has 0 aliphatic carbocycles. The molecule has 2 aromatic carbocycles. The van der Waals surface area contributed by atoms with Crippen molar-refractivity contribution in [2.75, 3.05) is 17.7 Å². The molecule has 0 aliphatic heterocycles. The van der Waals surface area contributed by atoms with Crippen LogP contribution in [0.5, 0.6) is 5.75 Å². The number of benzene rings is 2. The lowest BCUT2D eigenvalue weighted by Crippen LogP contribution is -2.20.